The lowest BCUT2D eigenvalue weighted by Crippen LogP contribution is -2.37. The molecule has 0 rings (SSSR count). The maximum Gasteiger partial charge on any atom is 0.306 e. The lowest BCUT2D eigenvalue weighted by atomic mass is 10.0. The highest BCUT2D eigenvalue weighted by atomic mass is 31.2. The van der Waals surface area contributed by atoms with Gasteiger partial charge in [0.05, 0.1) is 34.4 Å². The van der Waals surface area contributed by atoms with Crippen molar-refractivity contribution in [3.63, 3.8) is 0 Å². The summed E-state index contributed by atoms with van der Waals surface area (Å²) in [6.45, 7) is 5.46. The van der Waals surface area contributed by atoms with Crippen LogP contribution < -0.4 is 4.89 Å². The molecule has 0 fully saturated rings. The third kappa shape index (κ3) is 44.4. The highest BCUT2D eigenvalue weighted by molar-refractivity contribution is 7.45. The van der Waals surface area contributed by atoms with E-state index in [-0.39, 0.29) is 25.8 Å². The number of carbonyl (C=O) groups is 1. The monoisotopic (exact) mass is 804 g/mol. The van der Waals surface area contributed by atoms with Gasteiger partial charge in [-0.3, -0.25) is 9.36 Å². The first kappa shape index (κ1) is 54.5. The normalized spacial score (nSPS) is 13.6. The highest BCUT2D eigenvalue weighted by Crippen LogP contribution is 2.38. The van der Waals surface area contributed by atoms with Crippen LogP contribution in [0.2, 0.25) is 0 Å². The van der Waals surface area contributed by atoms with Crippen LogP contribution in [0.25, 0.3) is 0 Å². The molecule has 0 radical (unpaired) electrons. The van der Waals surface area contributed by atoms with E-state index in [1.807, 2.05) is 21.1 Å². The van der Waals surface area contributed by atoms with Gasteiger partial charge in [0.1, 0.15) is 19.3 Å². The van der Waals surface area contributed by atoms with E-state index in [1.165, 1.54) is 180 Å². The van der Waals surface area contributed by atoms with Crippen molar-refractivity contribution in [3.8, 4) is 0 Å². The number of phosphoric acid groups is 1. The molecule has 0 aliphatic heterocycles. The quantitative estimate of drug-likeness (QED) is 0.0262. The van der Waals surface area contributed by atoms with E-state index in [9.17, 15) is 14.3 Å². The molecule has 9 heteroatoms. The number of carbonyl (C=O) groups excluding carboxylic acids is 1. The summed E-state index contributed by atoms with van der Waals surface area (Å²) in [5, 5.41) is 0. The Balaban J connectivity index is 4.01. The van der Waals surface area contributed by atoms with Crippen molar-refractivity contribution in [3.05, 3.63) is 0 Å². The summed E-state index contributed by atoms with van der Waals surface area (Å²) in [5.41, 5.74) is 0. The third-order valence-electron chi connectivity index (χ3n) is 10.7. The molecule has 330 valence electrons. The Morgan fingerprint density at radius 3 is 1.20 bits per heavy atom. The number of hydrogen-bond acceptors (Lipinski definition) is 7. The van der Waals surface area contributed by atoms with Gasteiger partial charge in [-0.2, -0.15) is 0 Å². The van der Waals surface area contributed by atoms with E-state index in [0.717, 1.165) is 32.1 Å². The lowest BCUT2D eigenvalue weighted by Gasteiger charge is -2.28. The molecule has 0 spiro atoms. The molecule has 0 bridgehead atoms. The van der Waals surface area contributed by atoms with Crippen LogP contribution in [0.15, 0.2) is 0 Å². The number of unbranched alkanes of at least 4 members (excludes halogenated alkanes) is 31. The minimum Gasteiger partial charge on any atom is -0.756 e. The zero-order chi connectivity index (χ0) is 40.6. The number of hydrogen-bond donors (Lipinski definition) is 0. The Morgan fingerprint density at radius 1 is 0.491 bits per heavy atom. The van der Waals surface area contributed by atoms with Crippen LogP contribution in [0.1, 0.15) is 232 Å². The molecule has 55 heavy (non-hydrogen) atoms. The van der Waals surface area contributed by atoms with Crippen LogP contribution in [0.5, 0.6) is 0 Å². The smallest absolute Gasteiger partial charge is 0.306 e. The molecule has 2 unspecified atom stereocenters. The van der Waals surface area contributed by atoms with Crippen molar-refractivity contribution in [2.24, 2.45) is 0 Å². The minimum absolute atomic E-state index is 0.0313. The number of ether oxygens (including phenoxy) is 2. The summed E-state index contributed by atoms with van der Waals surface area (Å²) in [6.07, 6.45) is 42.7. The molecule has 0 saturated carbocycles. The molecule has 0 saturated heterocycles. The number of likely N-dealkylation sites (N-methyl/N-ethyl adjacent to an activating group) is 1. The van der Waals surface area contributed by atoms with Gasteiger partial charge < -0.3 is 27.9 Å². The van der Waals surface area contributed by atoms with Crippen molar-refractivity contribution >= 4 is 13.8 Å². The average Bonchev–Trinajstić information content (AvgIpc) is 3.13. The number of nitrogens with zero attached hydrogens (tertiary/aromatic N) is 1. The molecule has 0 amide bonds. The Morgan fingerprint density at radius 2 is 0.836 bits per heavy atom. The summed E-state index contributed by atoms with van der Waals surface area (Å²) in [6, 6.07) is 0. The summed E-state index contributed by atoms with van der Waals surface area (Å²) >= 11 is 0. The van der Waals surface area contributed by atoms with Gasteiger partial charge in [0.2, 0.25) is 0 Å². The van der Waals surface area contributed by atoms with Gasteiger partial charge in [-0.1, -0.05) is 213 Å². The van der Waals surface area contributed by atoms with Gasteiger partial charge in [0.25, 0.3) is 7.82 Å². The van der Waals surface area contributed by atoms with Gasteiger partial charge in [0.15, 0.2) is 0 Å². The van der Waals surface area contributed by atoms with Crippen LogP contribution in [0.3, 0.4) is 0 Å². The van der Waals surface area contributed by atoms with E-state index in [1.54, 1.807) is 0 Å². The molecule has 0 aliphatic carbocycles. The predicted octanol–water partition coefficient (Wildman–Crippen LogP) is 13.4. The largest absolute Gasteiger partial charge is 0.756 e. The number of esters is 1. The third-order valence-corrected chi connectivity index (χ3v) is 11.6. The maximum absolute atomic E-state index is 12.7. The van der Waals surface area contributed by atoms with E-state index in [0.29, 0.717) is 24.1 Å². The van der Waals surface area contributed by atoms with Gasteiger partial charge in [-0.05, 0) is 12.8 Å². The Labute approximate surface area is 342 Å². The van der Waals surface area contributed by atoms with E-state index in [2.05, 4.69) is 13.8 Å². The Kier molecular flexibility index (Phi) is 39.9. The van der Waals surface area contributed by atoms with Crippen molar-refractivity contribution in [2.75, 3.05) is 54.1 Å². The van der Waals surface area contributed by atoms with Crippen molar-refractivity contribution in [2.45, 2.75) is 238 Å². The summed E-state index contributed by atoms with van der Waals surface area (Å²) in [4.78, 5) is 25.0. The van der Waals surface area contributed by atoms with E-state index < -0.39 is 13.9 Å². The first-order valence-electron chi connectivity index (χ1n) is 23.8. The molecular weight excluding hydrogens is 709 g/mol. The Hall–Kier alpha value is -0.500. The predicted molar refractivity (Wildman–Crippen MR) is 231 cm³/mol. The number of quaternary nitrogens is 1. The van der Waals surface area contributed by atoms with Crippen molar-refractivity contribution in [1.29, 1.82) is 0 Å². The second kappa shape index (κ2) is 40.3. The fraction of sp³-hybridized carbons (Fsp3) is 0.978. The highest BCUT2D eigenvalue weighted by Gasteiger charge is 2.20. The van der Waals surface area contributed by atoms with E-state index >= 15 is 0 Å². The van der Waals surface area contributed by atoms with Crippen LogP contribution in [-0.2, 0) is 27.9 Å². The van der Waals surface area contributed by atoms with E-state index in [4.69, 9.17) is 18.5 Å². The number of phosphoric ester groups is 1. The second-order valence-corrected chi connectivity index (χ2v) is 18.9. The van der Waals surface area contributed by atoms with Crippen molar-refractivity contribution in [1.82, 2.24) is 0 Å². The maximum atomic E-state index is 12.7. The van der Waals surface area contributed by atoms with Crippen LogP contribution in [0.4, 0.5) is 0 Å². The van der Waals surface area contributed by atoms with Gasteiger partial charge >= 0.3 is 5.97 Å². The SMILES string of the molecule is CCCCCCCCCCCCCCCCCCCCCCCCCC(=O)OC(COCCCCCCCCCCCC)COP(=O)([O-])OCC[N+](C)(C)C. The summed E-state index contributed by atoms with van der Waals surface area (Å²) in [5.74, 6) is -0.327. The molecule has 0 aliphatic rings. The second-order valence-electron chi connectivity index (χ2n) is 17.5. The molecule has 0 aromatic carbocycles. The lowest BCUT2D eigenvalue weighted by molar-refractivity contribution is -0.870. The zero-order valence-corrected chi connectivity index (χ0v) is 38.3. The average molecular weight is 804 g/mol. The molecule has 0 aromatic heterocycles. The molecule has 2 atom stereocenters. The summed E-state index contributed by atoms with van der Waals surface area (Å²) < 4.78 is 34.6. The fourth-order valence-electron chi connectivity index (χ4n) is 6.96. The molecule has 8 nitrogen and oxygen atoms in total. The first-order valence-corrected chi connectivity index (χ1v) is 25.2. The van der Waals surface area contributed by atoms with Gasteiger partial charge in [0, 0.05) is 13.0 Å². The van der Waals surface area contributed by atoms with Gasteiger partial charge in [-0.25, -0.2) is 0 Å². The van der Waals surface area contributed by atoms with Crippen LogP contribution in [0, 0.1) is 0 Å². The zero-order valence-electron chi connectivity index (χ0n) is 37.4. The fourth-order valence-corrected chi connectivity index (χ4v) is 7.69. The Bertz CT molecular complexity index is 853. The van der Waals surface area contributed by atoms with Gasteiger partial charge in [-0.15, -0.1) is 0 Å². The summed E-state index contributed by atoms with van der Waals surface area (Å²) in [7, 11) is 1.37. The van der Waals surface area contributed by atoms with Crippen molar-refractivity contribution < 1.29 is 37.3 Å². The standard InChI is InChI=1S/C46H94NO7P/c1-6-8-10-12-14-16-18-19-20-21-22-23-24-25-26-27-28-29-30-31-33-35-37-39-46(48)54-45(44-53-55(49,50)52-42-40-47(3,4)5)43-51-41-38-36-34-32-17-15-13-11-9-7-2/h45H,6-44H2,1-5H3. The first-order chi connectivity index (χ1) is 26.6. The molecule has 0 N–H and O–H groups in total. The number of rotatable bonds is 45. The molecular formula is C46H94NO7P. The van der Waals surface area contributed by atoms with Crippen LogP contribution in [-0.4, -0.2) is 70.7 Å². The molecule has 0 aromatic rings. The minimum atomic E-state index is -4.51. The molecule has 0 heterocycles. The topological polar surface area (TPSA) is 94.1 Å². The van der Waals surface area contributed by atoms with Crippen LogP contribution >= 0.6 is 7.82 Å².